The minimum atomic E-state index is -3.46. The van der Waals surface area contributed by atoms with Crippen LogP contribution in [0.5, 0.6) is 5.75 Å². The zero-order chi connectivity index (χ0) is 16.9. The lowest BCUT2D eigenvalue weighted by Gasteiger charge is -2.12. The first kappa shape index (κ1) is 17.0. The highest BCUT2D eigenvalue weighted by atomic mass is 32.2. The number of hydrogen-bond donors (Lipinski definition) is 1. The molecule has 0 radical (unpaired) electrons. The van der Waals surface area contributed by atoms with Crippen LogP contribution in [0.1, 0.15) is 22.8 Å². The number of nitrogens with one attached hydrogen (secondary N) is 1. The Hall–Kier alpha value is -2.34. The van der Waals surface area contributed by atoms with Crippen LogP contribution in [0.2, 0.25) is 0 Å². The van der Waals surface area contributed by atoms with Gasteiger partial charge in [0, 0.05) is 12.1 Å². The van der Waals surface area contributed by atoms with Crippen molar-refractivity contribution in [1.29, 1.82) is 0 Å². The second kappa shape index (κ2) is 7.28. The van der Waals surface area contributed by atoms with E-state index in [9.17, 15) is 13.2 Å². The van der Waals surface area contributed by atoms with Crippen LogP contribution < -0.4 is 10.1 Å². The predicted octanol–water partition coefficient (Wildman–Crippen LogP) is 2.42. The zero-order valence-corrected chi connectivity index (χ0v) is 13.9. The van der Waals surface area contributed by atoms with Gasteiger partial charge in [-0.1, -0.05) is 37.3 Å². The van der Waals surface area contributed by atoms with Gasteiger partial charge in [-0.2, -0.15) is 0 Å². The molecule has 1 N–H and O–H groups in total. The van der Waals surface area contributed by atoms with Gasteiger partial charge in [0.2, 0.25) is 0 Å². The molecule has 0 aliphatic rings. The fourth-order valence-corrected chi connectivity index (χ4v) is 3.29. The van der Waals surface area contributed by atoms with Gasteiger partial charge >= 0.3 is 0 Å². The third-order valence-electron chi connectivity index (χ3n) is 3.48. The Morgan fingerprint density at radius 1 is 1.09 bits per heavy atom. The predicted molar refractivity (Wildman–Crippen MR) is 88.3 cm³/mol. The van der Waals surface area contributed by atoms with Crippen molar-refractivity contribution < 1.29 is 17.9 Å². The first-order valence-corrected chi connectivity index (χ1v) is 8.86. The number of rotatable bonds is 6. The fourth-order valence-electron chi connectivity index (χ4n) is 2.20. The lowest BCUT2D eigenvalue weighted by molar-refractivity contribution is 0.0947. The van der Waals surface area contributed by atoms with Gasteiger partial charge in [-0.25, -0.2) is 8.42 Å². The lowest BCUT2D eigenvalue weighted by Crippen LogP contribution is -2.25. The Bertz CT molecular complexity index is 800. The Labute approximate surface area is 136 Å². The van der Waals surface area contributed by atoms with Crippen molar-refractivity contribution >= 4 is 15.7 Å². The molecule has 0 fully saturated rings. The van der Waals surface area contributed by atoms with Crippen LogP contribution in [0.15, 0.2) is 53.4 Å². The quantitative estimate of drug-likeness (QED) is 0.881. The van der Waals surface area contributed by atoms with E-state index >= 15 is 0 Å². The number of sulfone groups is 1. The summed E-state index contributed by atoms with van der Waals surface area (Å²) in [4.78, 5) is 12.4. The van der Waals surface area contributed by atoms with Crippen molar-refractivity contribution in [3.05, 3.63) is 59.7 Å². The molecule has 0 heterocycles. The summed E-state index contributed by atoms with van der Waals surface area (Å²) >= 11 is 0. The first-order chi connectivity index (χ1) is 11.0. The van der Waals surface area contributed by atoms with E-state index in [2.05, 4.69) is 5.32 Å². The smallest absolute Gasteiger partial charge is 0.252 e. The van der Waals surface area contributed by atoms with Crippen LogP contribution in [0, 0.1) is 0 Å². The van der Waals surface area contributed by atoms with Gasteiger partial charge < -0.3 is 10.1 Å². The molecule has 0 atom stereocenters. The van der Waals surface area contributed by atoms with E-state index in [1.54, 1.807) is 32.2 Å². The number of carbonyl (C=O) groups is 1. The van der Waals surface area contributed by atoms with E-state index in [0.29, 0.717) is 5.75 Å². The SMILES string of the molecule is CCS(=O)(=O)c1ccccc1C(=O)NCc1ccccc1OC. The molecule has 23 heavy (non-hydrogen) atoms. The zero-order valence-electron chi connectivity index (χ0n) is 13.1. The summed E-state index contributed by atoms with van der Waals surface area (Å²) in [6.07, 6.45) is 0. The highest BCUT2D eigenvalue weighted by molar-refractivity contribution is 7.91. The minimum Gasteiger partial charge on any atom is -0.496 e. The normalized spacial score (nSPS) is 11.0. The fraction of sp³-hybridized carbons (Fsp3) is 0.235. The standard InChI is InChI=1S/C17H19NO4S/c1-3-23(20,21)16-11-7-5-9-14(16)17(19)18-12-13-8-4-6-10-15(13)22-2/h4-11H,3,12H2,1-2H3,(H,18,19). The average molecular weight is 333 g/mol. The number of hydrogen-bond acceptors (Lipinski definition) is 4. The lowest BCUT2D eigenvalue weighted by atomic mass is 10.1. The summed E-state index contributed by atoms with van der Waals surface area (Å²) in [6, 6.07) is 13.6. The van der Waals surface area contributed by atoms with E-state index in [4.69, 9.17) is 4.74 Å². The molecule has 0 saturated heterocycles. The van der Waals surface area contributed by atoms with E-state index in [-0.39, 0.29) is 22.8 Å². The van der Waals surface area contributed by atoms with Gasteiger partial charge in [0.25, 0.3) is 5.91 Å². The summed E-state index contributed by atoms with van der Waals surface area (Å²) in [7, 11) is -1.90. The van der Waals surface area contributed by atoms with Crippen molar-refractivity contribution in [1.82, 2.24) is 5.32 Å². The van der Waals surface area contributed by atoms with Crippen molar-refractivity contribution in [3.63, 3.8) is 0 Å². The maximum atomic E-state index is 12.4. The average Bonchev–Trinajstić information content (AvgIpc) is 2.59. The molecular formula is C17H19NO4S. The second-order valence-corrected chi connectivity index (χ2v) is 7.14. The van der Waals surface area contributed by atoms with Crippen LogP contribution in [-0.4, -0.2) is 27.2 Å². The molecular weight excluding hydrogens is 314 g/mol. The number of methoxy groups -OCH3 is 1. The summed E-state index contributed by atoms with van der Waals surface area (Å²) < 4.78 is 29.4. The van der Waals surface area contributed by atoms with Crippen LogP contribution in [0.4, 0.5) is 0 Å². The third kappa shape index (κ3) is 3.90. The number of amides is 1. The number of carbonyl (C=O) groups excluding carboxylic acids is 1. The Balaban J connectivity index is 2.22. The first-order valence-electron chi connectivity index (χ1n) is 7.21. The summed E-state index contributed by atoms with van der Waals surface area (Å²) in [6.45, 7) is 1.81. The molecule has 0 aliphatic heterocycles. The molecule has 1 amide bonds. The molecule has 0 aromatic heterocycles. The molecule has 122 valence electrons. The van der Waals surface area contributed by atoms with Crippen molar-refractivity contribution in [3.8, 4) is 5.75 Å². The maximum Gasteiger partial charge on any atom is 0.252 e. The highest BCUT2D eigenvalue weighted by Gasteiger charge is 2.20. The molecule has 0 aliphatic carbocycles. The molecule has 2 aromatic rings. The van der Waals surface area contributed by atoms with Gasteiger partial charge in [-0.05, 0) is 18.2 Å². The van der Waals surface area contributed by atoms with Crippen molar-refractivity contribution in [2.75, 3.05) is 12.9 Å². The molecule has 0 saturated carbocycles. The van der Waals surface area contributed by atoms with E-state index in [0.717, 1.165) is 5.56 Å². The highest BCUT2D eigenvalue weighted by Crippen LogP contribution is 2.19. The van der Waals surface area contributed by atoms with Crippen LogP contribution in [0.3, 0.4) is 0 Å². The van der Waals surface area contributed by atoms with Crippen LogP contribution in [-0.2, 0) is 16.4 Å². The van der Waals surface area contributed by atoms with Crippen LogP contribution >= 0.6 is 0 Å². The van der Waals surface area contributed by atoms with E-state index < -0.39 is 15.7 Å². The monoisotopic (exact) mass is 333 g/mol. The Kier molecular flexibility index (Phi) is 5.39. The number of benzene rings is 2. The van der Waals surface area contributed by atoms with Gasteiger partial charge in [0.1, 0.15) is 5.75 Å². The number of ether oxygens (including phenoxy) is 1. The van der Waals surface area contributed by atoms with Gasteiger partial charge in [0.05, 0.1) is 23.3 Å². The molecule has 0 spiro atoms. The Morgan fingerprint density at radius 3 is 2.43 bits per heavy atom. The molecule has 2 aromatic carbocycles. The molecule has 2 rings (SSSR count). The molecule has 6 heteroatoms. The van der Waals surface area contributed by atoms with Gasteiger partial charge in [0.15, 0.2) is 9.84 Å². The van der Waals surface area contributed by atoms with Gasteiger partial charge in [-0.3, -0.25) is 4.79 Å². The van der Waals surface area contributed by atoms with E-state index in [1.165, 1.54) is 12.1 Å². The summed E-state index contributed by atoms with van der Waals surface area (Å²) in [5.74, 6) is 0.190. The third-order valence-corrected chi connectivity index (χ3v) is 5.26. The second-order valence-electron chi connectivity index (χ2n) is 4.89. The van der Waals surface area contributed by atoms with Crippen molar-refractivity contribution in [2.24, 2.45) is 0 Å². The minimum absolute atomic E-state index is 0.0518. The largest absolute Gasteiger partial charge is 0.496 e. The summed E-state index contributed by atoms with van der Waals surface area (Å²) in [5.41, 5.74) is 0.975. The maximum absolute atomic E-state index is 12.4. The van der Waals surface area contributed by atoms with Crippen molar-refractivity contribution in [2.45, 2.75) is 18.4 Å². The summed E-state index contributed by atoms with van der Waals surface area (Å²) in [5, 5.41) is 2.74. The van der Waals surface area contributed by atoms with E-state index in [1.807, 2.05) is 18.2 Å². The topological polar surface area (TPSA) is 72.5 Å². The molecule has 5 nitrogen and oxygen atoms in total. The molecule has 0 bridgehead atoms. The Morgan fingerprint density at radius 2 is 1.74 bits per heavy atom. The number of para-hydroxylation sites is 1. The van der Waals surface area contributed by atoms with Gasteiger partial charge in [-0.15, -0.1) is 0 Å². The van der Waals surface area contributed by atoms with Crippen LogP contribution in [0.25, 0.3) is 0 Å². The molecule has 0 unspecified atom stereocenters.